The number of nitrogens with zero attached hydrogens (tertiary/aromatic N) is 3. The van der Waals surface area contributed by atoms with Gasteiger partial charge in [-0.2, -0.15) is 13.2 Å². The fourth-order valence-electron chi connectivity index (χ4n) is 4.29. The molecule has 0 radical (unpaired) electrons. The predicted octanol–water partition coefficient (Wildman–Crippen LogP) is 4.67. The third-order valence-electron chi connectivity index (χ3n) is 5.68. The second-order valence-electron chi connectivity index (χ2n) is 7.20. The summed E-state index contributed by atoms with van der Waals surface area (Å²) in [5, 5.41) is 0. The van der Waals surface area contributed by atoms with E-state index in [0.717, 1.165) is 29.2 Å². The molecule has 28 heavy (non-hydrogen) atoms. The number of piperidine rings is 1. The molecule has 0 N–H and O–H groups in total. The molecule has 0 spiro atoms. The van der Waals surface area contributed by atoms with Gasteiger partial charge in [0.05, 0.1) is 22.6 Å². The second kappa shape index (κ2) is 6.96. The Morgan fingerprint density at radius 3 is 2.68 bits per heavy atom. The third kappa shape index (κ3) is 3.15. The second-order valence-corrected chi connectivity index (χ2v) is 7.20. The summed E-state index contributed by atoms with van der Waals surface area (Å²) in [6.07, 6.45) is -0.952. The molecule has 1 amide bonds. The van der Waals surface area contributed by atoms with Gasteiger partial charge in [-0.25, -0.2) is 0 Å². The quantitative estimate of drug-likeness (QED) is 0.613. The minimum absolute atomic E-state index is 0.273. The van der Waals surface area contributed by atoms with Gasteiger partial charge in [-0.1, -0.05) is 18.2 Å². The Balaban J connectivity index is 1.74. The van der Waals surface area contributed by atoms with Crippen LogP contribution in [0.5, 0.6) is 0 Å². The molecule has 1 saturated heterocycles. The number of carbonyl (C=O) groups excluding carboxylic acids is 1. The fraction of sp³-hybridized carbons (Fsp3) is 0.333. The largest absolute Gasteiger partial charge is 0.416 e. The van der Waals surface area contributed by atoms with Crippen LogP contribution in [-0.2, 0) is 18.0 Å². The lowest BCUT2D eigenvalue weighted by Gasteiger charge is -2.38. The summed E-state index contributed by atoms with van der Waals surface area (Å²) in [6.45, 7) is 0.417. The van der Waals surface area contributed by atoms with Crippen molar-refractivity contribution in [2.45, 2.75) is 31.0 Å². The van der Waals surface area contributed by atoms with Crippen molar-refractivity contribution in [1.29, 1.82) is 0 Å². The molecule has 1 aliphatic rings. The van der Waals surface area contributed by atoms with Crippen LogP contribution in [0.3, 0.4) is 0 Å². The molecular formula is C21H20F3N3O. The van der Waals surface area contributed by atoms with E-state index in [4.69, 9.17) is 0 Å². The number of aromatic nitrogens is 2. The van der Waals surface area contributed by atoms with Gasteiger partial charge in [-0.05, 0) is 48.6 Å². The molecule has 1 aliphatic heterocycles. The molecule has 0 aliphatic carbocycles. The number of pyridine rings is 1. The summed E-state index contributed by atoms with van der Waals surface area (Å²) in [4.78, 5) is 17.7. The number of likely N-dealkylation sites (tertiary alicyclic amines) is 1. The molecular weight excluding hydrogens is 367 g/mol. The molecule has 2 unspecified atom stereocenters. The summed E-state index contributed by atoms with van der Waals surface area (Å²) in [5.41, 5.74) is 2.35. The van der Waals surface area contributed by atoms with E-state index in [2.05, 4.69) is 4.98 Å². The van der Waals surface area contributed by atoms with Crippen LogP contribution >= 0.6 is 0 Å². The van der Waals surface area contributed by atoms with Gasteiger partial charge >= 0.3 is 6.18 Å². The summed E-state index contributed by atoms with van der Waals surface area (Å²) in [6, 6.07) is 11.2. The number of fused-ring (bicyclic) bond motifs is 1. The maximum atomic E-state index is 13.5. The van der Waals surface area contributed by atoms with E-state index in [0.29, 0.717) is 24.9 Å². The number of rotatable bonds is 3. The maximum absolute atomic E-state index is 13.5. The Kier molecular flexibility index (Phi) is 4.61. The van der Waals surface area contributed by atoms with E-state index >= 15 is 0 Å². The topological polar surface area (TPSA) is 38.1 Å². The molecule has 4 rings (SSSR count). The van der Waals surface area contributed by atoms with Crippen LogP contribution in [0.25, 0.3) is 11.0 Å². The summed E-state index contributed by atoms with van der Waals surface area (Å²) < 4.78 is 42.4. The van der Waals surface area contributed by atoms with Crippen molar-refractivity contribution in [3.63, 3.8) is 0 Å². The molecule has 146 valence electrons. The number of hydrogen-bond acceptors (Lipinski definition) is 2. The average Bonchev–Trinajstić information content (AvgIpc) is 3.03. The summed E-state index contributed by atoms with van der Waals surface area (Å²) >= 11 is 0. The van der Waals surface area contributed by atoms with Crippen LogP contribution in [0.2, 0.25) is 0 Å². The highest BCUT2D eigenvalue weighted by atomic mass is 19.4. The zero-order valence-electron chi connectivity index (χ0n) is 15.4. The SMILES string of the molecule is Cn1c(C2CC(c3ccccc3C(F)(F)F)CCN2C=O)cc2ncccc21. The van der Waals surface area contributed by atoms with E-state index in [1.54, 1.807) is 23.2 Å². The minimum atomic E-state index is -4.39. The van der Waals surface area contributed by atoms with Crippen LogP contribution < -0.4 is 0 Å². The Morgan fingerprint density at radius 1 is 1.18 bits per heavy atom. The van der Waals surface area contributed by atoms with Crippen molar-refractivity contribution in [2.24, 2.45) is 7.05 Å². The van der Waals surface area contributed by atoms with E-state index in [1.165, 1.54) is 6.07 Å². The van der Waals surface area contributed by atoms with Crippen LogP contribution in [-0.4, -0.2) is 27.4 Å². The minimum Gasteiger partial charge on any atom is -0.344 e. The smallest absolute Gasteiger partial charge is 0.344 e. The first-order chi connectivity index (χ1) is 13.4. The molecule has 2 aromatic heterocycles. The van der Waals surface area contributed by atoms with Crippen molar-refractivity contribution in [1.82, 2.24) is 14.5 Å². The van der Waals surface area contributed by atoms with E-state index in [1.807, 2.05) is 29.8 Å². The fourth-order valence-corrected chi connectivity index (χ4v) is 4.29. The molecule has 0 saturated carbocycles. The van der Waals surface area contributed by atoms with Gasteiger partial charge in [-0.3, -0.25) is 9.78 Å². The monoisotopic (exact) mass is 387 g/mol. The van der Waals surface area contributed by atoms with E-state index in [9.17, 15) is 18.0 Å². The van der Waals surface area contributed by atoms with E-state index in [-0.39, 0.29) is 12.0 Å². The molecule has 1 aromatic carbocycles. The number of amides is 1. The van der Waals surface area contributed by atoms with Gasteiger partial charge in [0.25, 0.3) is 0 Å². The average molecular weight is 387 g/mol. The van der Waals surface area contributed by atoms with Crippen molar-refractivity contribution >= 4 is 17.4 Å². The number of alkyl halides is 3. The first-order valence-electron chi connectivity index (χ1n) is 9.17. The highest BCUT2D eigenvalue weighted by Crippen LogP contribution is 2.43. The van der Waals surface area contributed by atoms with Crippen LogP contribution in [0.1, 0.15) is 41.6 Å². The predicted molar refractivity (Wildman–Crippen MR) is 99.6 cm³/mol. The molecule has 3 aromatic rings. The number of benzene rings is 1. The Hall–Kier alpha value is -2.83. The molecule has 7 heteroatoms. The zero-order valence-corrected chi connectivity index (χ0v) is 15.4. The van der Waals surface area contributed by atoms with Crippen LogP contribution in [0.15, 0.2) is 48.7 Å². The lowest BCUT2D eigenvalue weighted by Crippen LogP contribution is -2.36. The van der Waals surface area contributed by atoms with Crippen molar-refractivity contribution in [2.75, 3.05) is 6.54 Å². The molecule has 3 heterocycles. The lowest BCUT2D eigenvalue weighted by atomic mass is 9.82. The summed E-state index contributed by atoms with van der Waals surface area (Å²) in [7, 11) is 1.90. The van der Waals surface area contributed by atoms with Gasteiger partial charge in [0.15, 0.2) is 0 Å². The van der Waals surface area contributed by atoms with Crippen molar-refractivity contribution in [3.05, 3.63) is 65.5 Å². The zero-order chi connectivity index (χ0) is 19.9. The van der Waals surface area contributed by atoms with Gasteiger partial charge < -0.3 is 9.47 Å². The van der Waals surface area contributed by atoms with Gasteiger partial charge in [-0.15, -0.1) is 0 Å². The van der Waals surface area contributed by atoms with Gasteiger partial charge in [0, 0.05) is 25.5 Å². The molecule has 1 fully saturated rings. The number of aryl methyl sites for hydroxylation is 1. The van der Waals surface area contributed by atoms with Crippen LogP contribution in [0, 0.1) is 0 Å². The molecule has 0 bridgehead atoms. The summed E-state index contributed by atoms with van der Waals surface area (Å²) in [5.74, 6) is -0.273. The molecule has 4 nitrogen and oxygen atoms in total. The van der Waals surface area contributed by atoms with Crippen molar-refractivity contribution in [3.8, 4) is 0 Å². The Bertz CT molecular complexity index is 1010. The van der Waals surface area contributed by atoms with Crippen molar-refractivity contribution < 1.29 is 18.0 Å². The number of hydrogen-bond donors (Lipinski definition) is 0. The first-order valence-corrected chi connectivity index (χ1v) is 9.17. The standard InChI is InChI=1S/C21H20F3N3O/c1-26-18-7-4-9-25-17(18)12-19(26)20-11-14(8-10-27(20)13-28)15-5-2-3-6-16(15)21(22,23)24/h2-7,9,12-14,20H,8,10-11H2,1H3. The number of halogens is 3. The Morgan fingerprint density at radius 2 is 1.96 bits per heavy atom. The normalized spacial score (nSPS) is 20.5. The highest BCUT2D eigenvalue weighted by molar-refractivity contribution is 5.77. The lowest BCUT2D eigenvalue weighted by molar-refractivity contribution is -0.138. The van der Waals surface area contributed by atoms with Gasteiger partial charge in [0.2, 0.25) is 6.41 Å². The molecule has 2 atom stereocenters. The maximum Gasteiger partial charge on any atom is 0.416 e. The Labute approximate surface area is 160 Å². The third-order valence-corrected chi connectivity index (χ3v) is 5.68. The first kappa shape index (κ1) is 18.5. The van der Waals surface area contributed by atoms with E-state index < -0.39 is 11.7 Å². The van der Waals surface area contributed by atoms with Gasteiger partial charge in [0.1, 0.15) is 0 Å². The number of carbonyl (C=O) groups is 1. The van der Waals surface area contributed by atoms with Crippen LogP contribution in [0.4, 0.5) is 13.2 Å². The highest BCUT2D eigenvalue weighted by Gasteiger charge is 2.38.